The highest BCUT2D eigenvalue weighted by atomic mass is 19.1. The van der Waals surface area contributed by atoms with Crippen LogP contribution in [0.1, 0.15) is 18.4 Å². The molecule has 206 valence electrons. The Hall–Kier alpha value is -3.84. The molecule has 2 aromatic heterocycles. The first-order valence-electron chi connectivity index (χ1n) is 13.8. The number of fused-ring (bicyclic) bond motifs is 1. The van der Waals surface area contributed by atoms with Gasteiger partial charge in [0.1, 0.15) is 5.82 Å². The second kappa shape index (κ2) is 11.7. The number of ether oxygens (including phenoxy) is 2. The highest BCUT2D eigenvalue weighted by Gasteiger charge is 2.23. The van der Waals surface area contributed by atoms with Gasteiger partial charge in [-0.05, 0) is 38.1 Å². The van der Waals surface area contributed by atoms with E-state index < -0.39 is 0 Å². The Bertz CT molecular complexity index is 1520. The van der Waals surface area contributed by atoms with Gasteiger partial charge in [-0.3, -0.25) is 9.30 Å². The maximum Gasteiger partial charge on any atom is 0.259 e. The number of aromatic nitrogens is 3. The molecule has 0 radical (unpaired) electrons. The van der Waals surface area contributed by atoms with Crippen molar-refractivity contribution in [3.8, 4) is 28.4 Å². The van der Waals surface area contributed by atoms with Crippen molar-refractivity contribution >= 4 is 11.3 Å². The van der Waals surface area contributed by atoms with Crippen LogP contribution in [-0.4, -0.2) is 77.2 Å². The molecular formula is C31H33FN6O2. The molecule has 9 heteroatoms. The summed E-state index contributed by atoms with van der Waals surface area (Å²) in [7, 11) is 2.14. The van der Waals surface area contributed by atoms with Gasteiger partial charge in [-0.1, -0.05) is 36.4 Å². The molecule has 8 nitrogen and oxygen atoms in total. The third-order valence-corrected chi connectivity index (χ3v) is 7.78. The molecule has 1 atom stereocenters. The van der Waals surface area contributed by atoms with Crippen LogP contribution in [0.2, 0.25) is 0 Å². The summed E-state index contributed by atoms with van der Waals surface area (Å²) in [4.78, 5) is 17.6. The molecule has 2 aliphatic rings. The van der Waals surface area contributed by atoms with Crippen molar-refractivity contribution in [2.45, 2.75) is 19.4 Å². The first kappa shape index (κ1) is 26.4. The van der Waals surface area contributed by atoms with Crippen LogP contribution in [0.15, 0.2) is 54.9 Å². The molecule has 2 aromatic carbocycles. The topological polar surface area (TPSA) is 59.5 Å². The van der Waals surface area contributed by atoms with Crippen molar-refractivity contribution in [2.24, 2.45) is 5.92 Å². The fourth-order valence-corrected chi connectivity index (χ4v) is 5.66. The van der Waals surface area contributed by atoms with Crippen LogP contribution in [0.5, 0.6) is 5.88 Å². The van der Waals surface area contributed by atoms with E-state index in [1.165, 1.54) is 0 Å². The Labute approximate surface area is 233 Å². The predicted molar refractivity (Wildman–Crippen MR) is 152 cm³/mol. The number of rotatable bonds is 7. The molecule has 4 aromatic rings. The first-order chi connectivity index (χ1) is 19.6. The van der Waals surface area contributed by atoms with Gasteiger partial charge in [-0.25, -0.2) is 19.2 Å². The number of morpholine rings is 1. The van der Waals surface area contributed by atoms with Gasteiger partial charge in [0.05, 0.1) is 37.8 Å². The largest absolute Gasteiger partial charge is 0.475 e. The van der Waals surface area contributed by atoms with Crippen molar-refractivity contribution in [1.29, 1.82) is 0 Å². The van der Waals surface area contributed by atoms with Crippen LogP contribution in [0.25, 0.3) is 33.0 Å². The number of benzene rings is 2. The van der Waals surface area contributed by atoms with Crippen molar-refractivity contribution in [3.05, 3.63) is 77.7 Å². The Morgan fingerprint density at radius 1 is 1.10 bits per heavy atom. The lowest BCUT2D eigenvalue weighted by Crippen LogP contribution is -2.35. The van der Waals surface area contributed by atoms with Crippen LogP contribution in [0, 0.1) is 18.3 Å². The summed E-state index contributed by atoms with van der Waals surface area (Å²) in [5.41, 5.74) is 4.69. The standard InChI is InChI=1S/C31H33FN6O2/c1-33-26-9-7-23(8-10-26)28-29(24-5-6-25(27(32)18-24)20-37-14-16-39-17-15-37)38-13-11-34-30(38)31(35-28)40-21-22-4-3-12-36(2)19-22/h5-11,13,18,22H,3-4,12,14-17,19-21H2,2H3/t22-/m1/s1. The van der Waals surface area contributed by atoms with Crippen molar-refractivity contribution in [1.82, 2.24) is 24.2 Å². The zero-order valence-corrected chi connectivity index (χ0v) is 22.7. The van der Waals surface area contributed by atoms with Crippen LogP contribution < -0.4 is 4.74 Å². The van der Waals surface area contributed by atoms with Crippen LogP contribution in [0.4, 0.5) is 10.1 Å². The van der Waals surface area contributed by atoms with Crippen molar-refractivity contribution in [3.63, 3.8) is 0 Å². The lowest BCUT2D eigenvalue weighted by atomic mass is 10.00. The molecule has 0 spiro atoms. The Kier molecular flexibility index (Phi) is 7.73. The van der Waals surface area contributed by atoms with Gasteiger partial charge < -0.3 is 14.4 Å². The molecule has 2 aliphatic heterocycles. The highest BCUT2D eigenvalue weighted by Crippen LogP contribution is 2.36. The predicted octanol–water partition coefficient (Wildman–Crippen LogP) is 5.31. The molecule has 0 bridgehead atoms. The van der Waals surface area contributed by atoms with Crippen LogP contribution in [-0.2, 0) is 11.3 Å². The van der Waals surface area contributed by atoms with E-state index in [2.05, 4.69) is 26.7 Å². The first-order valence-corrected chi connectivity index (χ1v) is 13.8. The quantitative estimate of drug-likeness (QED) is 0.296. The molecule has 2 fully saturated rings. The number of hydrogen-bond donors (Lipinski definition) is 0. The molecule has 0 aliphatic carbocycles. The second-order valence-corrected chi connectivity index (χ2v) is 10.7. The summed E-state index contributed by atoms with van der Waals surface area (Å²) in [6.07, 6.45) is 5.86. The zero-order valence-electron chi connectivity index (χ0n) is 22.7. The maximum atomic E-state index is 15.5. The molecule has 2 saturated heterocycles. The minimum atomic E-state index is -0.256. The molecule has 0 unspecified atom stereocenters. The Morgan fingerprint density at radius 3 is 2.65 bits per heavy atom. The third-order valence-electron chi connectivity index (χ3n) is 7.78. The van der Waals surface area contributed by atoms with Gasteiger partial charge in [0.2, 0.25) is 5.65 Å². The SMILES string of the molecule is [C-]#[N+]c1ccc(-c2nc(OC[C@@H]3CCCN(C)C3)c3nccn3c2-c2ccc(CN3CCOCC3)c(F)c2)cc1. The Balaban J connectivity index is 1.40. The number of imidazole rings is 1. The molecule has 40 heavy (non-hydrogen) atoms. The smallest absolute Gasteiger partial charge is 0.259 e. The fraction of sp³-hybridized carbons (Fsp3) is 0.387. The maximum absolute atomic E-state index is 15.5. The van der Waals surface area contributed by atoms with E-state index in [1.54, 1.807) is 24.4 Å². The average Bonchev–Trinajstić information content (AvgIpc) is 3.47. The van der Waals surface area contributed by atoms with Crippen molar-refractivity contribution < 1.29 is 13.9 Å². The van der Waals surface area contributed by atoms with Crippen molar-refractivity contribution in [2.75, 3.05) is 53.0 Å². The molecule has 6 rings (SSSR count). The highest BCUT2D eigenvalue weighted by molar-refractivity contribution is 5.82. The summed E-state index contributed by atoms with van der Waals surface area (Å²) in [5, 5.41) is 0. The van der Waals surface area contributed by atoms with E-state index in [4.69, 9.17) is 21.0 Å². The summed E-state index contributed by atoms with van der Waals surface area (Å²) in [6.45, 7) is 13.5. The number of halogens is 1. The fourth-order valence-electron chi connectivity index (χ4n) is 5.66. The normalized spacial score (nSPS) is 18.6. The third kappa shape index (κ3) is 5.56. The van der Waals surface area contributed by atoms with Gasteiger partial charge in [0.15, 0.2) is 5.69 Å². The van der Waals surface area contributed by atoms with E-state index >= 15 is 4.39 Å². The minimum absolute atomic E-state index is 0.256. The average molecular weight is 541 g/mol. The number of likely N-dealkylation sites (tertiary alicyclic amines) is 1. The van der Waals surface area contributed by atoms with E-state index in [0.717, 1.165) is 50.3 Å². The van der Waals surface area contributed by atoms with Gasteiger partial charge in [-0.2, -0.15) is 0 Å². The molecule has 0 N–H and O–H groups in total. The molecule has 4 heterocycles. The van der Waals surface area contributed by atoms with Gasteiger partial charge in [0, 0.05) is 55.6 Å². The van der Waals surface area contributed by atoms with Crippen LogP contribution >= 0.6 is 0 Å². The summed E-state index contributed by atoms with van der Waals surface area (Å²) >= 11 is 0. The molecular weight excluding hydrogens is 507 g/mol. The zero-order chi connectivity index (χ0) is 27.5. The molecule has 0 amide bonds. The van der Waals surface area contributed by atoms with Gasteiger partial charge in [-0.15, -0.1) is 0 Å². The van der Waals surface area contributed by atoms with Gasteiger partial charge >= 0.3 is 0 Å². The Morgan fingerprint density at radius 2 is 1.90 bits per heavy atom. The summed E-state index contributed by atoms with van der Waals surface area (Å²) < 4.78 is 29.2. The minimum Gasteiger partial charge on any atom is -0.475 e. The van der Waals surface area contributed by atoms with E-state index in [9.17, 15) is 0 Å². The summed E-state index contributed by atoms with van der Waals surface area (Å²) in [6, 6.07) is 12.7. The lowest BCUT2D eigenvalue weighted by molar-refractivity contribution is 0.0337. The lowest BCUT2D eigenvalue weighted by Gasteiger charge is -2.29. The number of hydrogen-bond acceptors (Lipinski definition) is 6. The van der Waals surface area contributed by atoms with Crippen LogP contribution in [0.3, 0.4) is 0 Å². The number of piperidine rings is 1. The van der Waals surface area contributed by atoms with Gasteiger partial charge in [0.25, 0.3) is 5.88 Å². The summed E-state index contributed by atoms with van der Waals surface area (Å²) in [5.74, 6) is 0.619. The van der Waals surface area contributed by atoms with E-state index in [0.29, 0.717) is 66.3 Å². The second-order valence-electron chi connectivity index (χ2n) is 10.7. The monoisotopic (exact) mass is 540 g/mol. The number of nitrogens with zero attached hydrogens (tertiary/aromatic N) is 6. The molecule has 0 saturated carbocycles. The van der Waals surface area contributed by atoms with E-state index in [-0.39, 0.29) is 5.82 Å². The van der Waals surface area contributed by atoms with E-state index in [1.807, 2.05) is 34.9 Å².